The smallest absolute Gasteiger partial charge is 0.426 e. The highest BCUT2D eigenvalue weighted by Gasteiger charge is 2.32. The first-order chi connectivity index (χ1) is 13.3. The van der Waals surface area contributed by atoms with E-state index >= 15 is 0 Å². The van der Waals surface area contributed by atoms with Gasteiger partial charge in [0, 0.05) is 12.1 Å². The van der Waals surface area contributed by atoms with Gasteiger partial charge in [0.1, 0.15) is 11.9 Å². The number of ether oxygens (including phenoxy) is 2. The van der Waals surface area contributed by atoms with Gasteiger partial charge in [-0.3, -0.25) is 15.0 Å². The van der Waals surface area contributed by atoms with Crippen molar-refractivity contribution < 1.29 is 23.9 Å². The second-order valence-corrected chi connectivity index (χ2v) is 6.51. The Morgan fingerprint density at radius 1 is 1.36 bits per heavy atom. The van der Waals surface area contributed by atoms with Gasteiger partial charge in [0.25, 0.3) is 5.91 Å². The van der Waals surface area contributed by atoms with Crippen molar-refractivity contribution >= 4 is 23.7 Å². The molecule has 0 aliphatic carbocycles. The van der Waals surface area contributed by atoms with Gasteiger partial charge in [-0.05, 0) is 19.4 Å². The zero-order chi connectivity index (χ0) is 20.7. The fourth-order valence-electron chi connectivity index (χ4n) is 2.49. The summed E-state index contributed by atoms with van der Waals surface area (Å²) in [6.07, 6.45) is -2.19. The quantitative estimate of drug-likeness (QED) is 0.387. The van der Waals surface area contributed by atoms with Crippen molar-refractivity contribution in [3.05, 3.63) is 35.4 Å². The van der Waals surface area contributed by atoms with Crippen LogP contribution in [0.5, 0.6) is 0 Å². The second-order valence-electron chi connectivity index (χ2n) is 6.51. The molecule has 0 bridgehead atoms. The molecule has 1 saturated heterocycles. The van der Waals surface area contributed by atoms with Crippen molar-refractivity contribution in [2.24, 2.45) is 5.73 Å². The maximum atomic E-state index is 12.4. The van der Waals surface area contributed by atoms with E-state index in [1.807, 2.05) is 0 Å². The summed E-state index contributed by atoms with van der Waals surface area (Å²) < 4.78 is 10.3. The third-order valence-corrected chi connectivity index (χ3v) is 3.87. The van der Waals surface area contributed by atoms with Crippen LogP contribution in [0.15, 0.2) is 24.3 Å². The monoisotopic (exact) mass is 391 g/mol. The minimum absolute atomic E-state index is 0.0287. The van der Waals surface area contributed by atoms with Crippen molar-refractivity contribution in [1.29, 1.82) is 5.41 Å². The van der Waals surface area contributed by atoms with Crippen molar-refractivity contribution in [2.45, 2.75) is 39.0 Å². The van der Waals surface area contributed by atoms with Gasteiger partial charge in [-0.15, -0.1) is 0 Å². The lowest BCUT2D eigenvalue weighted by molar-refractivity contribution is -0.159. The molecule has 28 heavy (non-hydrogen) atoms. The summed E-state index contributed by atoms with van der Waals surface area (Å²) in [6.45, 7) is 4.02. The normalized spacial score (nSPS) is 16.6. The minimum atomic E-state index is -0.979. The largest absolute Gasteiger partial charge is 0.446 e. The van der Waals surface area contributed by atoms with Gasteiger partial charge in [0.05, 0.1) is 25.7 Å². The number of nitrogens with two attached hydrogens (primary N) is 1. The SMILES string of the molecule is CC(C)OC(=O)NN1CCO[C@H](CC(=O)NCc2ccc(C(=N)N)cc2)C1=O. The Morgan fingerprint density at radius 2 is 2.04 bits per heavy atom. The molecule has 2 rings (SSSR count). The molecule has 0 unspecified atom stereocenters. The summed E-state index contributed by atoms with van der Waals surface area (Å²) >= 11 is 0. The molecule has 10 heteroatoms. The lowest BCUT2D eigenvalue weighted by atomic mass is 10.1. The number of nitrogens with one attached hydrogen (secondary N) is 3. The van der Waals surface area contributed by atoms with E-state index in [9.17, 15) is 14.4 Å². The number of hydrogen-bond donors (Lipinski definition) is 4. The number of rotatable bonds is 7. The second kappa shape index (κ2) is 9.70. The van der Waals surface area contributed by atoms with E-state index in [2.05, 4.69) is 10.7 Å². The Morgan fingerprint density at radius 3 is 2.64 bits per heavy atom. The van der Waals surface area contributed by atoms with Crippen LogP contribution in [-0.2, 0) is 25.6 Å². The molecule has 0 saturated carbocycles. The number of morpholine rings is 1. The van der Waals surface area contributed by atoms with E-state index in [4.69, 9.17) is 20.6 Å². The first kappa shape index (κ1) is 21.2. The van der Waals surface area contributed by atoms with Crippen LogP contribution in [0.2, 0.25) is 0 Å². The predicted octanol–water partition coefficient (Wildman–Crippen LogP) is 0.254. The van der Waals surface area contributed by atoms with Crippen LogP contribution in [-0.4, -0.2) is 54.1 Å². The van der Waals surface area contributed by atoms with E-state index in [1.54, 1.807) is 38.1 Å². The summed E-state index contributed by atoms with van der Waals surface area (Å²) in [5, 5.41) is 11.2. The molecule has 0 spiro atoms. The maximum absolute atomic E-state index is 12.4. The Hall–Kier alpha value is -3.14. The van der Waals surface area contributed by atoms with Crippen LogP contribution in [0.25, 0.3) is 0 Å². The molecule has 5 N–H and O–H groups in total. The minimum Gasteiger partial charge on any atom is -0.446 e. The van der Waals surface area contributed by atoms with Gasteiger partial charge in [0.2, 0.25) is 5.91 Å². The van der Waals surface area contributed by atoms with Crippen LogP contribution in [0, 0.1) is 5.41 Å². The molecule has 1 aliphatic heterocycles. The third kappa shape index (κ3) is 6.23. The summed E-state index contributed by atoms with van der Waals surface area (Å²) in [6, 6.07) is 6.89. The van der Waals surface area contributed by atoms with E-state index in [0.29, 0.717) is 5.56 Å². The number of nitrogen functional groups attached to an aromatic ring is 1. The zero-order valence-electron chi connectivity index (χ0n) is 15.9. The number of amidine groups is 1. The molecule has 10 nitrogen and oxygen atoms in total. The van der Waals surface area contributed by atoms with Gasteiger partial charge in [-0.1, -0.05) is 24.3 Å². The first-order valence-electron chi connectivity index (χ1n) is 8.86. The molecule has 1 heterocycles. The third-order valence-electron chi connectivity index (χ3n) is 3.87. The number of amides is 3. The zero-order valence-corrected chi connectivity index (χ0v) is 15.9. The van der Waals surface area contributed by atoms with Crippen LogP contribution in [0.4, 0.5) is 4.79 Å². The Labute approximate surface area is 162 Å². The Balaban J connectivity index is 1.82. The molecule has 0 radical (unpaired) electrons. The van der Waals surface area contributed by atoms with Gasteiger partial charge >= 0.3 is 6.09 Å². The molecular formula is C18H25N5O5. The highest BCUT2D eigenvalue weighted by atomic mass is 16.6. The van der Waals surface area contributed by atoms with Crippen LogP contribution in [0.3, 0.4) is 0 Å². The highest BCUT2D eigenvalue weighted by Crippen LogP contribution is 2.10. The van der Waals surface area contributed by atoms with Crippen molar-refractivity contribution in [2.75, 3.05) is 13.2 Å². The molecule has 1 fully saturated rings. The average Bonchev–Trinajstić information content (AvgIpc) is 2.63. The summed E-state index contributed by atoms with van der Waals surface area (Å²) in [7, 11) is 0. The van der Waals surface area contributed by atoms with E-state index in [-0.39, 0.29) is 44.0 Å². The summed E-state index contributed by atoms with van der Waals surface area (Å²) in [4.78, 5) is 36.2. The summed E-state index contributed by atoms with van der Waals surface area (Å²) in [5.41, 5.74) is 9.18. The number of carbonyl (C=O) groups excluding carboxylic acids is 3. The van der Waals surface area contributed by atoms with Crippen LogP contribution >= 0.6 is 0 Å². The molecule has 1 aliphatic rings. The standard InChI is InChI=1S/C18H25N5O5/c1-11(2)28-18(26)22-23-7-8-27-14(17(23)25)9-15(24)21-10-12-3-5-13(6-4-12)16(19)20/h3-6,11,14H,7-10H2,1-2H3,(H3,19,20)(H,21,24)(H,22,26)/t14-/m1/s1. The van der Waals surface area contributed by atoms with Crippen molar-refractivity contribution in [1.82, 2.24) is 15.8 Å². The van der Waals surface area contributed by atoms with Gasteiger partial charge in [-0.25, -0.2) is 15.2 Å². The number of carbonyl (C=O) groups is 3. The molecule has 0 aromatic heterocycles. The van der Waals surface area contributed by atoms with Crippen molar-refractivity contribution in [3.63, 3.8) is 0 Å². The van der Waals surface area contributed by atoms with Crippen molar-refractivity contribution in [3.8, 4) is 0 Å². The fraction of sp³-hybridized carbons (Fsp3) is 0.444. The fourth-order valence-corrected chi connectivity index (χ4v) is 2.49. The number of nitrogens with zero attached hydrogens (tertiary/aromatic N) is 1. The van der Waals surface area contributed by atoms with Gasteiger partial charge < -0.3 is 20.5 Å². The number of hydrazine groups is 1. The lowest BCUT2D eigenvalue weighted by Crippen LogP contribution is -2.56. The number of hydrogen-bond acceptors (Lipinski definition) is 6. The average molecular weight is 391 g/mol. The van der Waals surface area contributed by atoms with E-state index in [1.165, 1.54) is 0 Å². The summed E-state index contributed by atoms with van der Waals surface area (Å²) in [5.74, 6) is -0.896. The molecular weight excluding hydrogens is 366 g/mol. The van der Waals surface area contributed by atoms with Crippen LogP contribution < -0.4 is 16.5 Å². The predicted molar refractivity (Wildman–Crippen MR) is 100 cm³/mol. The molecule has 1 aromatic rings. The molecule has 1 atom stereocenters. The van der Waals surface area contributed by atoms with Crippen LogP contribution in [0.1, 0.15) is 31.4 Å². The highest BCUT2D eigenvalue weighted by molar-refractivity contribution is 5.94. The molecule has 1 aromatic carbocycles. The molecule has 152 valence electrons. The van der Waals surface area contributed by atoms with E-state index < -0.39 is 18.1 Å². The van der Waals surface area contributed by atoms with Gasteiger partial charge in [0.15, 0.2) is 0 Å². The first-order valence-corrected chi connectivity index (χ1v) is 8.86. The lowest BCUT2D eigenvalue weighted by Gasteiger charge is -2.31. The van der Waals surface area contributed by atoms with Gasteiger partial charge in [-0.2, -0.15) is 0 Å². The Kier molecular flexibility index (Phi) is 7.33. The topological polar surface area (TPSA) is 147 Å². The number of benzene rings is 1. The Bertz CT molecular complexity index is 734. The maximum Gasteiger partial charge on any atom is 0.426 e. The van der Waals surface area contributed by atoms with E-state index in [0.717, 1.165) is 10.6 Å². The molecule has 3 amide bonds.